The van der Waals surface area contributed by atoms with Gasteiger partial charge < -0.3 is 0 Å². The first-order valence-corrected chi connectivity index (χ1v) is 15.1. The van der Waals surface area contributed by atoms with Gasteiger partial charge >= 0.3 is 225 Å². The molecule has 0 bridgehead atoms. The first-order chi connectivity index (χ1) is 17.0. The van der Waals surface area contributed by atoms with E-state index in [1.165, 1.54) is 53.3 Å². The van der Waals surface area contributed by atoms with Crippen molar-refractivity contribution in [3.05, 3.63) is 75.4 Å². The predicted octanol–water partition coefficient (Wildman–Crippen LogP) is 5.88. The molecule has 1 aliphatic heterocycles. The molecular weight excluding hydrogens is 502 g/mol. The van der Waals surface area contributed by atoms with Gasteiger partial charge in [-0.15, -0.1) is 0 Å². The summed E-state index contributed by atoms with van der Waals surface area (Å²) in [6, 6.07) is 16.5. The third kappa shape index (κ3) is 4.37. The number of hydrogen-bond donors (Lipinski definition) is 0. The first kappa shape index (κ1) is 25.4. The van der Waals surface area contributed by atoms with E-state index in [1.54, 1.807) is 0 Å². The zero-order chi connectivity index (χ0) is 25.9. The normalized spacial score (nSPS) is 13.1. The molecule has 4 aromatic rings. The molecule has 0 unspecified atom stereocenters. The van der Waals surface area contributed by atoms with E-state index in [0.29, 0.717) is 26.3 Å². The van der Waals surface area contributed by atoms with E-state index in [9.17, 15) is 0 Å². The minimum absolute atomic E-state index is 0.210. The number of benzene rings is 2. The van der Waals surface area contributed by atoms with Gasteiger partial charge in [-0.05, 0) is 0 Å². The molecule has 0 atom stereocenters. The summed E-state index contributed by atoms with van der Waals surface area (Å²) in [6.07, 6.45) is 3.25. The molecule has 0 N–H and O–H groups in total. The standard InChI is InChI=1S/C32H39BN2Se/c1-19(2)24-11-10-12-25(20(3)4)30(24)33-26-16-23(17-32(7,8)9)13-14-27(26)35-29(33)18-34-31(35)28-15-21(5)22(6)36-28/h10-16,18-20H,17H2,1-9H3. The van der Waals surface area contributed by atoms with E-state index < -0.39 is 0 Å². The zero-order valence-electron chi connectivity index (χ0n) is 23.4. The van der Waals surface area contributed by atoms with Crippen LogP contribution in [0.3, 0.4) is 0 Å². The monoisotopic (exact) mass is 542 g/mol. The molecule has 2 nitrogen and oxygen atoms in total. The average molecular weight is 541 g/mol. The Morgan fingerprint density at radius 3 is 2.17 bits per heavy atom. The number of aromatic nitrogens is 2. The molecule has 1 aliphatic rings. The summed E-state index contributed by atoms with van der Waals surface area (Å²) in [5.74, 6) is 2.07. The van der Waals surface area contributed by atoms with Gasteiger partial charge in [0.2, 0.25) is 0 Å². The average Bonchev–Trinajstić information content (AvgIpc) is 3.44. The Hall–Kier alpha value is -2.29. The summed E-state index contributed by atoms with van der Waals surface area (Å²) < 4.78 is 5.40. The Kier molecular flexibility index (Phi) is 6.50. The van der Waals surface area contributed by atoms with Crippen molar-refractivity contribution in [3.8, 4) is 15.9 Å². The van der Waals surface area contributed by atoms with E-state index >= 15 is 0 Å². The summed E-state index contributed by atoms with van der Waals surface area (Å²) in [7, 11) is 0. The molecule has 4 heteroatoms. The molecule has 0 amide bonds. The summed E-state index contributed by atoms with van der Waals surface area (Å²) >= 11 is 0.343. The van der Waals surface area contributed by atoms with Gasteiger partial charge in [0.25, 0.3) is 0 Å². The van der Waals surface area contributed by atoms with Crippen LogP contribution in [0, 0.1) is 19.3 Å². The fourth-order valence-electron chi connectivity index (χ4n) is 5.84. The van der Waals surface area contributed by atoms with Crippen LogP contribution < -0.4 is 16.5 Å². The van der Waals surface area contributed by atoms with Crippen molar-refractivity contribution in [2.75, 3.05) is 0 Å². The van der Waals surface area contributed by atoms with Crippen molar-refractivity contribution in [1.82, 2.24) is 9.55 Å². The van der Waals surface area contributed by atoms with Crippen LogP contribution in [0.4, 0.5) is 0 Å². The quantitative estimate of drug-likeness (QED) is 0.254. The van der Waals surface area contributed by atoms with Crippen molar-refractivity contribution in [3.63, 3.8) is 0 Å². The number of imidazole rings is 1. The fraction of sp³-hybridized carbons (Fsp3) is 0.406. The van der Waals surface area contributed by atoms with Crippen LogP contribution >= 0.6 is 0 Å². The molecule has 0 saturated carbocycles. The molecular formula is C32H39BN2Se. The molecule has 0 aliphatic carbocycles. The molecule has 186 valence electrons. The van der Waals surface area contributed by atoms with Gasteiger partial charge in [-0.1, -0.05) is 0 Å². The second-order valence-corrected chi connectivity index (χ2v) is 15.1. The molecule has 3 heterocycles. The second kappa shape index (κ2) is 9.23. The number of nitrogens with zero attached hydrogens (tertiary/aromatic N) is 2. The molecule has 2 aromatic carbocycles. The molecule has 5 rings (SSSR count). The van der Waals surface area contributed by atoms with E-state index in [-0.39, 0.29) is 12.1 Å². The van der Waals surface area contributed by atoms with Gasteiger partial charge in [-0.3, -0.25) is 0 Å². The summed E-state index contributed by atoms with van der Waals surface area (Å²) in [6.45, 7) is 21.1. The van der Waals surface area contributed by atoms with Crippen molar-refractivity contribution in [2.24, 2.45) is 5.41 Å². The number of rotatable bonds is 5. The van der Waals surface area contributed by atoms with Gasteiger partial charge in [0.05, 0.1) is 0 Å². The van der Waals surface area contributed by atoms with E-state index in [2.05, 4.69) is 116 Å². The Balaban J connectivity index is 1.80. The molecule has 0 radical (unpaired) electrons. The van der Waals surface area contributed by atoms with Crippen LogP contribution in [0.5, 0.6) is 0 Å². The summed E-state index contributed by atoms with van der Waals surface area (Å²) in [5, 5.41) is 0. The third-order valence-electron chi connectivity index (χ3n) is 7.56. The van der Waals surface area contributed by atoms with Crippen LogP contribution in [0.1, 0.15) is 87.0 Å². The van der Waals surface area contributed by atoms with Gasteiger partial charge in [0.15, 0.2) is 0 Å². The SMILES string of the molecule is Cc1cc(-c2ncc3n2-c2ccc(CC(C)(C)C)cc2B3c2c(C(C)C)cccc2C(C)C)[se]c1C. The third-order valence-corrected chi connectivity index (χ3v) is 9.97. The van der Waals surface area contributed by atoms with Crippen LogP contribution in [0.2, 0.25) is 0 Å². The van der Waals surface area contributed by atoms with Gasteiger partial charge in [0.1, 0.15) is 0 Å². The van der Waals surface area contributed by atoms with Crippen LogP contribution in [-0.4, -0.2) is 30.8 Å². The molecule has 0 fully saturated rings. The van der Waals surface area contributed by atoms with Crippen molar-refractivity contribution >= 4 is 37.7 Å². The Morgan fingerprint density at radius 2 is 1.61 bits per heavy atom. The van der Waals surface area contributed by atoms with E-state index in [4.69, 9.17) is 4.98 Å². The molecule has 0 spiro atoms. The van der Waals surface area contributed by atoms with E-state index in [1.807, 2.05) is 0 Å². The summed E-state index contributed by atoms with van der Waals surface area (Å²) in [5.41, 5.74) is 11.6. The van der Waals surface area contributed by atoms with Crippen LogP contribution in [0.25, 0.3) is 15.9 Å². The Labute approximate surface area is 224 Å². The summed E-state index contributed by atoms with van der Waals surface area (Å²) in [4.78, 5) is 5.08. The Morgan fingerprint density at radius 1 is 0.944 bits per heavy atom. The van der Waals surface area contributed by atoms with Gasteiger partial charge in [-0.25, -0.2) is 0 Å². The maximum atomic E-state index is 5.08. The zero-order valence-corrected chi connectivity index (χ0v) is 25.1. The van der Waals surface area contributed by atoms with Crippen molar-refractivity contribution in [2.45, 2.75) is 80.6 Å². The van der Waals surface area contributed by atoms with Crippen molar-refractivity contribution in [1.29, 1.82) is 0 Å². The van der Waals surface area contributed by atoms with Crippen LogP contribution in [0.15, 0.2) is 48.7 Å². The number of hydrogen-bond acceptors (Lipinski definition) is 1. The first-order valence-electron chi connectivity index (χ1n) is 13.4. The van der Waals surface area contributed by atoms with E-state index in [0.717, 1.165) is 12.2 Å². The topological polar surface area (TPSA) is 17.8 Å². The second-order valence-electron chi connectivity index (χ2n) is 12.4. The van der Waals surface area contributed by atoms with Crippen LogP contribution in [-0.2, 0) is 6.42 Å². The fourth-order valence-corrected chi connectivity index (χ4v) is 7.99. The predicted molar refractivity (Wildman–Crippen MR) is 158 cm³/mol. The minimum atomic E-state index is 0.210. The van der Waals surface area contributed by atoms with Crippen molar-refractivity contribution < 1.29 is 0 Å². The molecule has 36 heavy (non-hydrogen) atoms. The molecule has 2 aromatic heterocycles. The Bertz CT molecular complexity index is 1390. The van der Waals surface area contributed by atoms with Gasteiger partial charge in [-0.2, -0.15) is 0 Å². The maximum absolute atomic E-state index is 5.08. The van der Waals surface area contributed by atoms with Gasteiger partial charge in [0, 0.05) is 0 Å². The number of aryl methyl sites for hydroxylation is 2. The molecule has 0 saturated heterocycles. The number of fused-ring (bicyclic) bond motifs is 3.